The Hall–Kier alpha value is -2.28. The molecule has 190 valence electrons. The topological polar surface area (TPSA) is 77.8 Å². The van der Waals surface area contributed by atoms with Crippen molar-refractivity contribution < 1.29 is 28.6 Å². The summed E-state index contributed by atoms with van der Waals surface area (Å²) < 4.78 is 28.3. The van der Waals surface area contributed by atoms with E-state index in [2.05, 4.69) is 12.1 Å². The van der Waals surface area contributed by atoms with Crippen LogP contribution in [-0.4, -0.2) is 51.6 Å². The summed E-state index contributed by atoms with van der Waals surface area (Å²) in [7, 11) is 0. The highest BCUT2D eigenvalue weighted by atomic mass is 19.3. The van der Waals surface area contributed by atoms with Gasteiger partial charge in [-0.05, 0) is 49.5 Å². The Morgan fingerprint density at radius 3 is 2.47 bits per heavy atom. The number of aliphatic hydroxyl groups is 1. The van der Waals surface area contributed by atoms with E-state index >= 15 is 0 Å². The van der Waals surface area contributed by atoms with Gasteiger partial charge in [0.2, 0.25) is 0 Å². The number of carbonyl (C=O) groups is 2. The molecule has 34 heavy (non-hydrogen) atoms. The number of unbranched alkanes of at least 4 members (excludes halogenated alkanes) is 3. The van der Waals surface area contributed by atoms with Gasteiger partial charge in [0.25, 0.3) is 5.91 Å². The van der Waals surface area contributed by atoms with Crippen LogP contribution in [-0.2, 0) is 16.0 Å². The molecule has 0 bridgehead atoms. The minimum absolute atomic E-state index is 0.000243. The Kier molecular flexibility index (Phi) is 11.2. The standard InChI is InChI=1S/C27H39F2NO4/c1-20(2)23(14-10-13-21-11-6-5-7-12-21)24(31)17-16-22-19-27(28,29)26(34)30(22)18-9-4-3-8-15-25(32)33/h5-7,11-12,16-17,20,22-24,31H,3-4,8-10,13-15,18-19H2,1-2H3,(H,32,33)/t22-,23+,24+/m0/s1. The van der Waals surface area contributed by atoms with Gasteiger partial charge in [-0.3, -0.25) is 9.59 Å². The zero-order valence-corrected chi connectivity index (χ0v) is 20.3. The van der Waals surface area contributed by atoms with E-state index in [1.165, 1.54) is 10.5 Å². The summed E-state index contributed by atoms with van der Waals surface area (Å²) in [5, 5.41) is 19.5. The Bertz CT molecular complexity index is 797. The molecule has 2 rings (SSSR count). The molecule has 1 amide bonds. The van der Waals surface area contributed by atoms with Crippen molar-refractivity contribution >= 4 is 11.9 Å². The summed E-state index contributed by atoms with van der Waals surface area (Å²) in [6.07, 6.45) is 7.01. The van der Waals surface area contributed by atoms with Gasteiger partial charge in [-0.2, -0.15) is 8.78 Å². The van der Waals surface area contributed by atoms with Gasteiger partial charge in [-0.25, -0.2) is 0 Å². The normalized spacial score (nSPS) is 19.8. The maximum Gasteiger partial charge on any atom is 0.327 e. The second-order valence-electron chi connectivity index (χ2n) is 9.69. The second-order valence-corrected chi connectivity index (χ2v) is 9.69. The highest BCUT2D eigenvalue weighted by molar-refractivity contribution is 5.86. The third-order valence-electron chi connectivity index (χ3n) is 6.65. The number of hydrogen-bond acceptors (Lipinski definition) is 3. The molecule has 0 aromatic heterocycles. The SMILES string of the molecule is CC(C)[C@@H](CCCc1ccccc1)[C@H](O)C=C[C@H]1CC(F)(F)C(=O)N1CCCCCCC(=O)O. The van der Waals surface area contributed by atoms with Crippen LogP contribution in [0, 0.1) is 11.8 Å². The average Bonchev–Trinajstić information content (AvgIpc) is 3.00. The number of hydrogen-bond donors (Lipinski definition) is 2. The first-order valence-corrected chi connectivity index (χ1v) is 12.4. The molecule has 7 heteroatoms. The Morgan fingerprint density at radius 1 is 1.15 bits per heavy atom. The lowest BCUT2D eigenvalue weighted by Crippen LogP contribution is -2.36. The van der Waals surface area contributed by atoms with Gasteiger partial charge < -0.3 is 15.1 Å². The van der Waals surface area contributed by atoms with Gasteiger partial charge in [0.05, 0.1) is 12.1 Å². The maximum absolute atomic E-state index is 14.1. The van der Waals surface area contributed by atoms with Gasteiger partial charge in [-0.15, -0.1) is 0 Å². The minimum Gasteiger partial charge on any atom is -0.481 e. The van der Waals surface area contributed by atoms with E-state index in [4.69, 9.17) is 5.11 Å². The van der Waals surface area contributed by atoms with Gasteiger partial charge >= 0.3 is 11.9 Å². The van der Waals surface area contributed by atoms with E-state index < -0.39 is 36.4 Å². The van der Waals surface area contributed by atoms with Crippen molar-refractivity contribution in [3.63, 3.8) is 0 Å². The van der Waals surface area contributed by atoms with E-state index in [9.17, 15) is 23.5 Å². The van der Waals surface area contributed by atoms with E-state index in [1.807, 2.05) is 32.0 Å². The van der Waals surface area contributed by atoms with Crippen LogP contribution in [0.3, 0.4) is 0 Å². The summed E-state index contributed by atoms with van der Waals surface area (Å²) in [5.74, 6) is -5.18. The van der Waals surface area contributed by atoms with Crippen LogP contribution in [0.25, 0.3) is 0 Å². The number of carboxylic acid groups (broad SMARTS) is 1. The van der Waals surface area contributed by atoms with E-state index in [-0.39, 0.29) is 24.8 Å². The Morgan fingerprint density at radius 2 is 1.82 bits per heavy atom. The van der Waals surface area contributed by atoms with Crippen molar-refractivity contribution in [1.82, 2.24) is 4.90 Å². The van der Waals surface area contributed by atoms with Crippen LogP contribution in [0.4, 0.5) is 8.78 Å². The number of aryl methyl sites for hydroxylation is 1. The fourth-order valence-electron chi connectivity index (χ4n) is 4.64. The molecule has 2 N–H and O–H groups in total. The summed E-state index contributed by atoms with van der Waals surface area (Å²) in [5.41, 5.74) is 1.25. The van der Waals surface area contributed by atoms with Crippen LogP contribution < -0.4 is 0 Å². The third kappa shape index (κ3) is 8.82. The highest BCUT2D eigenvalue weighted by Gasteiger charge is 2.52. The first-order valence-electron chi connectivity index (χ1n) is 12.4. The van der Waals surface area contributed by atoms with E-state index in [0.717, 1.165) is 19.3 Å². The number of benzene rings is 1. The van der Waals surface area contributed by atoms with Crippen molar-refractivity contribution in [2.24, 2.45) is 11.8 Å². The molecule has 0 aliphatic carbocycles. The van der Waals surface area contributed by atoms with Crippen LogP contribution in [0.15, 0.2) is 42.5 Å². The number of halogens is 2. The Balaban J connectivity index is 1.91. The van der Waals surface area contributed by atoms with Crippen LogP contribution in [0.2, 0.25) is 0 Å². The lowest BCUT2D eigenvalue weighted by atomic mass is 9.85. The summed E-state index contributed by atoms with van der Waals surface area (Å²) in [6, 6.07) is 9.42. The zero-order chi connectivity index (χ0) is 25.1. The number of aliphatic hydroxyl groups excluding tert-OH is 1. The first-order chi connectivity index (χ1) is 16.1. The largest absolute Gasteiger partial charge is 0.481 e. The van der Waals surface area contributed by atoms with Crippen molar-refractivity contribution in [1.29, 1.82) is 0 Å². The van der Waals surface area contributed by atoms with Crippen molar-refractivity contribution in [3.05, 3.63) is 48.0 Å². The molecule has 1 heterocycles. The molecular formula is C27H39F2NO4. The zero-order valence-electron chi connectivity index (χ0n) is 20.3. The predicted octanol–water partition coefficient (Wildman–Crippen LogP) is 5.47. The molecule has 1 aromatic rings. The van der Waals surface area contributed by atoms with Crippen LogP contribution in [0.5, 0.6) is 0 Å². The third-order valence-corrected chi connectivity index (χ3v) is 6.65. The molecule has 0 saturated carbocycles. The highest BCUT2D eigenvalue weighted by Crippen LogP contribution is 2.35. The molecule has 1 aliphatic rings. The van der Waals surface area contributed by atoms with E-state index in [1.54, 1.807) is 12.2 Å². The lowest BCUT2D eigenvalue weighted by Gasteiger charge is -2.26. The smallest absolute Gasteiger partial charge is 0.327 e. The van der Waals surface area contributed by atoms with Crippen LogP contribution in [0.1, 0.15) is 70.8 Å². The molecule has 0 unspecified atom stereocenters. The molecule has 3 atom stereocenters. The molecule has 5 nitrogen and oxygen atoms in total. The summed E-state index contributed by atoms with van der Waals surface area (Å²) in [4.78, 5) is 24.0. The molecule has 1 aromatic carbocycles. The number of likely N-dealkylation sites (tertiary alicyclic amines) is 1. The lowest BCUT2D eigenvalue weighted by molar-refractivity contribution is -0.148. The van der Waals surface area contributed by atoms with Crippen molar-refractivity contribution in [2.75, 3.05) is 6.54 Å². The minimum atomic E-state index is -3.39. The van der Waals surface area contributed by atoms with Crippen molar-refractivity contribution in [2.45, 2.75) is 89.7 Å². The van der Waals surface area contributed by atoms with Crippen LogP contribution >= 0.6 is 0 Å². The quantitative estimate of drug-likeness (QED) is 0.258. The number of amides is 1. The van der Waals surface area contributed by atoms with Gasteiger partial charge in [0.1, 0.15) is 0 Å². The average molecular weight is 480 g/mol. The molecule has 0 radical (unpaired) electrons. The maximum atomic E-state index is 14.1. The van der Waals surface area contributed by atoms with Gasteiger partial charge in [-0.1, -0.05) is 69.2 Å². The monoisotopic (exact) mass is 479 g/mol. The molecular weight excluding hydrogens is 440 g/mol. The Labute approximate surface area is 201 Å². The molecule has 1 aliphatic heterocycles. The number of carbonyl (C=O) groups excluding carboxylic acids is 1. The second kappa shape index (κ2) is 13.6. The number of rotatable bonds is 15. The number of alkyl halides is 2. The summed E-state index contributed by atoms with van der Waals surface area (Å²) in [6.45, 7) is 4.31. The summed E-state index contributed by atoms with van der Waals surface area (Å²) >= 11 is 0. The predicted molar refractivity (Wildman–Crippen MR) is 129 cm³/mol. The number of carboxylic acids is 1. The van der Waals surface area contributed by atoms with Gasteiger partial charge in [0, 0.05) is 19.4 Å². The number of aliphatic carboxylic acids is 1. The molecule has 1 fully saturated rings. The first kappa shape index (κ1) is 28.0. The molecule has 1 saturated heterocycles. The molecule has 0 spiro atoms. The van der Waals surface area contributed by atoms with E-state index in [0.29, 0.717) is 25.7 Å². The fraction of sp³-hybridized carbons (Fsp3) is 0.630. The van der Waals surface area contributed by atoms with Gasteiger partial charge in [0.15, 0.2) is 0 Å². The number of nitrogens with zero attached hydrogens (tertiary/aromatic N) is 1. The van der Waals surface area contributed by atoms with Crippen molar-refractivity contribution in [3.8, 4) is 0 Å². The fourth-order valence-corrected chi connectivity index (χ4v) is 4.64.